The van der Waals surface area contributed by atoms with E-state index in [1.54, 1.807) is 0 Å². The van der Waals surface area contributed by atoms with Crippen molar-refractivity contribution in [2.75, 3.05) is 11.9 Å². The third-order valence-corrected chi connectivity index (χ3v) is 2.55. The van der Waals surface area contributed by atoms with Crippen LogP contribution >= 0.6 is 11.3 Å². The Kier molecular flexibility index (Phi) is 2.40. The Labute approximate surface area is 83.7 Å². The number of carbonyl (C=O) groups excluding carboxylic acids is 2. The number of amides is 2. The van der Waals surface area contributed by atoms with Crippen molar-refractivity contribution in [3.05, 3.63) is 5.51 Å². The molecular formula is C7H8N4O2S. The zero-order valence-electron chi connectivity index (χ0n) is 7.19. The van der Waals surface area contributed by atoms with E-state index in [0.29, 0.717) is 11.7 Å². The Morgan fingerprint density at radius 2 is 2.57 bits per heavy atom. The van der Waals surface area contributed by atoms with Gasteiger partial charge in [0.05, 0.1) is 5.92 Å². The highest BCUT2D eigenvalue weighted by Crippen LogP contribution is 2.14. The minimum Gasteiger partial charge on any atom is -0.355 e. The number of hydrogen-bond acceptors (Lipinski definition) is 5. The van der Waals surface area contributed by atoms with Crippen LogP contribution in [0.15, 0.2) is 5.51 Å². The molecule has 1 aromatic rings. The van der Waals surface area contributed by atoms with Gasteiger partial charge in [0.15, 0.2) is 0 Å². The summed E-state index contributed by atoms with van der Waals surface area (Å²) in [6, 6.07) is 0. The Hall–Kier alpha value is -1.50. The van der Waals surface area contributed by atoms with E-state index in [4.69, 9.17) is 0 Å². The summed E-state index contributed by atoms with van der Waals surface area (Å²) in [5, 5.41) is 12.9. The Balaban J connectivity index is 1.93. The number of hydrogen-bond donors (Lipinski definition) is 2. The highest BCUT2D eigenvalue weighted by atomic mass is 32.1. The Morgan fingerprint density at radius 3 is 3.14 bits per heavy atom. The minimum atomic E-state index is -0.286. The molecule has 1 aliphatic heterocycles. The number of nitrogens with zero attached hydrogens (tertiary/aromatic N) is 2. The molecule has 0 aliphatic carbocycles. The molecule has 0 spiro atoms. The summed E-state index contributed by atoms with van der Waals surface area (Å²) in [4.78, 5) is 22.3. The topological polar surface area (TPSA) is 84.0 Å². The Morgan fingerprint density at radius 1 is 1.71 bits per heavy atom. The van der Waals surface area contributed by atoms with Crippen LogP contribution in [-0.4, -0.2) is 28.6 Å². The van der Waals surface area contributed by atoms with Crippen LogP contribution in [0.5, 0.6) is 0 Å². The lowest BCUT2D eigenvalue weighted by atomic mass is 10.1. The van der Waals surface area contributed by atoms with E-state index in [0.717, 1.165) is 0 Å². The van der Waals surface area contributed by atoms with E-state index >= 15 is 0 Å². The zero-order valence-corrected chi connectivity index (χ0v) is 8.00. The molecule has 0 saturated carbocycles. The third-order valence-electron chi connectivity index (χ3n) is 1.94. The second-order valence-electron chi connectivity index (χ2n) is 2.94. The van der Waals surface area contributed by atoms with Gasteiger partial charge in [-0.05, 0) is 0 Å². The highest BCUT2D eigenvalue weighted by Gasteiger charge is 2.28. The molecule has 1 fully saturated rings. The van der Waals surface area contributed by atoms with Gasteiger partial charge in [0.25, 0.3) is 0 Å². The summed E-state index contributed by atoms with van der Waals surface area (Å²) in [5.41, 5.74) is 1.54. The predicted octanol–water partition coefficient (Wildman–Crippen LogP) is -0.387. The molecule has 74 valence electrons. The van der Waals surface area contributed by atoms with Gasteiger partial charge in [-0.15, -0.1) is 10.2 Å². The molecule has 1 unspecified atom stereocenters. The van der Waals surface area contributed by atoms with Crippen LogP contribution in [0.3, 0.4) is 0 Å². The first-order valence-electron chi connectivity index (χ1n) is 4.09. The van der Waals surface area contributed by atoms with Crippen molar-refractivity contribution in [1.29, 1.82) is 0 Å². The van der Waals surface area contributed by atoms with Crippen molar-refractivity contribution in [3.63, 3.8) is 0 Å². The molecule has 1 aliphatic rings. The van der Waals surface area contributed by atoms with E-state index < -0.39 is 0 Å². The van der Waals surface area contributed by atoms with Gasteiger partial charge in [-0.3, -0.25) is 9.59 Å². The fourth-order valence-corrected chi connectivity index (χ4v) is 1.67. The summed E-state index contributed by atoms with van der Waals surface area (Å²) < 4.78 is 0. The maximum atomic E-state index is 11.5. The van der Waals surface area contributed by atoms with E-state index in [9.17, 15) is 9.59 Å². The molecule has 1 atom stereocenters. The first-order chi connectivity index (χ1) is 6.75. The number of nitrogens with one attached hydrogen (secondary N) is 2. The van der Waals surface area contributed by atoms with E-state index in [-0.39, 0.29) is 24.2 Å². The summed E-state index contributed by atoms with van der Waals surface area (Å²) in [7, 11) is 0. The number of aromatic nitrogens is 2. The van der Waals surface area contributed by atoms with E-state index in [1.807, 2.05) is 0 Å². The molecule has 2 heterocycles. The molecule has 2 N–H and O–H groups in total. The number of anilines is 1. The van der Waals surface area contributed by atoms with Crippen molar-refractivity contribution in [2.24, 2.45) is 5.92 Å². The first kappa shape index (κ1) is 9.07. The van der Waals surface area contributed by atoms with Crippen LogP contribution in [0.25, 0.3) is 0 Å². The third kappa shape index (κ3) is 1.87. The molecule has 6 nitrogen and oxygen atoms in total. The fourth-order valence-electron chi connectivity index (χ4n) is 1.23. The van der Waals surface area contributed by atoms with E-state index in [2.05, 4.69) is 20.8 Å². The largest absolute Gasteiger partial charge is 0.355 e. The lowest BCUT2D eigenvalue weighted by Crippen LogP contribution is -2.24. The lowest BCUT2D eigenvalue weighted by molar-refractivity contribution is -0.123. The normalized spacial score (nSPS) is 20.6. The summed E-state index contributed by atoms with van der Waals surface area (Å²) >= 11 is 1.25. The van der Waals surface area contributed by atoms with Crippen molar-refractivity contribution < 1.29 is 9.59 Å². The van der Waals surface area contributed by atoms with Crippen LogP contribution in [0.4, 0.5) is 5.13 Å². The molecule has 2 rings (SSSR count). The minimum absolute atomic E-state index is 0.0811. The quantitative estimate of drug-likeness (QED) is 0.699. The molecule has 1 aromatic heterocycles. The zero-order chi connectivity index (χ0) is 9.97. The van der Waals surface area contributed by atoms with Crippen molar-refractivity contribution in [1.82, 2.24) is 15.5 Å². The van der Waals surface area contributed by atoms with Crippen molar-refractivity contribution >= 4 is 28.3 Å². The van der Waals surface area contributed by atoms with Gasteiger partial charge in [-0.2, -0.15) is 0 Å². The van der Waals surface area contributed by atoms with Gasteiger partial charge in [0, 0.05) is 13.0 Å². The average Bonchev–Trinajstić information content (AvgIpc) is 2.75. The molecular weight excluding hydrogens is 204 g/mol. The van der Waals surface area contributed by atoms with Crippen molar-refractivity contribution in [2.45, 2.75) is 6.42 Å². The fraction of sp³-hybridized carbons (Fsp3) is 0.429. The standard InChI is InChI=1S/C7H8N4O2S/c12-5-1-4(2-8-5)6(13)10-7-11-9-3-14-7/h3-4H,1-2H2,(H,8,12)(H,10,11,13). The Bertz CT molecular complexity index is 351. The highest BCUT2D eigenvalue weighted by molar-refractivity contribution is 7.13. The van der Waals surface area contributed by atoms with E-state index in [1.165, 1.54) is 16.8 Å². The number of rotatable bonds is 2. The van der Waals surface area contributed by atoms with Crippen molar-refractivity contribution in [3.8, 4) is 0 Å². The van der Waals surface area contributed by atoms with Gasteiger partial charge < -0.3 is 10.6 Å². The van der Waals surface area contributed by atoms with Crippen LogP contribution in [0.1, 0.15) is 6.42 Å². The SMILES string of the molecule is O=C1CC(C(=O)Nc2nncs2)CN1. The summed E-state index contributed by atoms with van der Waals surface area (Å²) in [5.74, 6) is -0.547. The predicted molar refractivity (Wildman–Crippen MR) is 49.7 cm³/mol. The second kappa shape index (κ2) is 3.70. The van der Waals surface area contributed by atoms with Crippen LogP contribution in [0, 0.1) is 5.92 Å². The summed E-state index contributed by atoms with van der Waals surface area (Å²) in [6.07, 6.45) is 0.255. The molecule has 7 heteroatoms. The van der Waals surface area contributed by atoms with Crippen LogP contribution < -0.4 is 10.6 Å². The maximum Gasteiger partial charge on any atom is 0.231 e. The molecule has 0 radical (unpaired) electrons. The molecule has 0 bridgehead atoms. The van der Waals surface area contributed by atoms with Gasteiger partial charge in [0.2, 0.25) is 16.9 Å². The summed E-state index contributed by atoms with van der Waals surface area (Å²) in [6.45, 7) is 0.406. The second-order valence-corrected chi connectivity index (χ2v) is 3.77. The van der Waals surface area contributed by atoms with Crippen LogP contribution in [0.2, 0.25) is 0 Å². The number of carbonyl (C=O) groups is 2. The van der Waals surface area contributed by atoms with Gasteiger partial charge in [-0.25, -0.2) is 0 Å². The maximum absolute atomic E-state index is 11.5. The monoisotopic (exact) mass is 212 g/mol. The van der Waals surface area contributed by atoms with Gasteiger partial charge >= 0.3 is 0 Å². The molecule has 0 aromatic carbocycles. The smallest absolute Gasteiger partial charge is 0.231 e. The van der Waals surface area contributed by atoms with Crippen LogP contribution in [-0.2, 0) is 9.59 Å². The van der Waals surface area contributed by atoms with Gasteiger partial charge in [-0.1, -0.05) is 11.3 Å². The first-order valence-corrected chi connectivity index (χ1v) is 4.97. The lowest BCUT2D eigenvalue weighted by Gasteiger charge is -2.04. The molecule has 14 heavy (non-hydrogen) atoms. The molecule has 2 amide bonds. The molecule has 1 saturated heterocycles. The van der Waals surface area contributed by atoms with Gasteiger partial charge in [0.1, 0.15) is 5.51 Å². The average molecular weight is 212 g/mol.